The lowest BCUT2D eigenvalue weighted by molar-refractivity contribution is -0.119. The van der Waals surface area contributed by atoms with Crippen LogP contribution in [0.3, 0.4) is 0 Å². The number of halogens is 1. The summed E-state index contributed by atoms with van der Waals surface area (Å²) in [6, 6.07) is 6.53. The molecule has 21 heavy (non-hydrogen) atoms. The van der Waals surface area contributed by atoms with Crippen LogP contribution in [0.15, 0.2) is 29.4 Å². The summed E-state index contributed by atoms with van der Waals surface area (Å²) < 4.78 is 1.64. The molecule has 0 radical (unpaired) electrons. The van der Waals surface area contributed by atoms with Crippen molar-refractivity contribution < 1.29 is 4.79 Å². The maximum Gasteiger partial charge on any atom is 0.247 e. The Morgan fingerprint density at radius 1 is 1.52 bits per heavy atom. The molecule has 1 unspecified atom stereocenters. The summed E-state index contributed by atoms with van der Waals surface area (Å²) in [5, 5.41) is 11.8. The first-order valence-corrected chi connectivity index (χ1v) is 7.97. The van der Waals surface area contributed by atoms with E-state index in [9.17, 15) is 4.79 Å². The molecule has 0 spiro atoms. The maximum atomic E-state index is 12.5. The van der Waals surface area contributed by atoms with Crippen LogP contribution in [-0.2, 0) is 4.79 Å². The second kappa shape index (κ2) is 6.82. The van der Waals surface area contributed by atoms with E-state index in [1.807, 2.05) is 13.2 Å². The van der Waals surface area contributed by atoms with Gasteiger partial charge in [-0.3, -0.25) is 9.36 Å². The highest BCUT2D eigenvalue weighted by atomic mass is 35.5. The first kappa shape index (κ1) is 15.7. The molecule has 0 aliphatic heterocycles. The van der Waals surface area contributed by atoms with Gasteiger partial charge in [0.15, 0.2) is 5.16 Å². The number of rotatable bonds is 5. The molecule has 8 heteroatoms. The zero-order valence-corrected chi connectivity index (χ0v) is 13.3. The van der Waals surface area contributed by atoms with E-state index in [4.69, 9.17) is 17.3 Å². The lowest BCUT2D eigenvalue weighted by Crippen LogP contribution is -2.27. The van der Waals surface area contributed by atoms with Crippen molar-refractivity contribution in [2.45, 2.75) is 24.5 Å². The topological polar surface area (TPSA) is 85.8 Å². The molecule has 6 nitrogen and oxygen atoms in total. The summed E-state index contributed by atoms with van der Waals surface area (Å²) >= 11 is 7.31. The Kier molecular flexibility index (Phi) is 5.08. The van der Waals surface area contributed by atoms with Crippen LogP contribution < -0.4 is 11.1 Å². The Bertz CT molecular complexity index is 645. The summed E-state index contributed by atoms with van der Waals surface area (Å²) in [5.41, 5.74) is 6.47. The molecule has 2 rings (SSSR count). The highest BCUT2D eigenvalue weighted by Crippen LogP contribution is 2.25. The van der Waals surface area contributed by atoms with E-state index in [1.165, 1.54) is 11.8 Å². The fourth-order valence-corrected chi connectivity index (χ4v) is 2.73. The zero-order valence-electron chi connectivity index (χ0n) is 11.7. The molecule has 1 aromatic heterocycles. The fourth-order valence-electron chi connectivity index (χ4n) is 2.00. The van der Waals surface area contributed by atoms with Gasteiger partial charge in [-0.25, -0.2) is 0 Å². The van der Waals surface area contributed by atoms with E-state index in [-0.39, 0.29) is 11.9 Å². The first-order valence-electron chi connectivity index (χ1n) is 6.37. The number of amides is 1. The average Bonchev–Trinajstić information content (AvgIpc) is 2.81. The van der Waals surface area contributed by atoms with Gasteiger partial charge in [0.05, 0.1) is 0 Å². The van der Waals surface area contributed by atoms with Gasteiger partial charge in [0.1, 0.15) is 6.04 Å². The molecule has 1 atom stereocenters. The van der Waals surface area contributed by atoms with Crippen LogP contribution in [-0.4, -0.2) is 26.9 Å². The zero-order chi connectivity index (χ0) is 15.4. The number of nitrogens with two attached hydrogens (primary N) is 1. The molecule has 3 N–H and O–H groups in total. The predicted molar refractivity (Wildman–Crippen MR) is 85.6 cm³/mol. The second-order valence-electron chi connectivity index (χ2n) is 4.34. The van der Waals surface area contributed by atoms with Gasteiger partial charge in [-0.05, 0) is 30.9 Å². The normalized spacial score (nSPS) is 12.1. The van der Waals surface area contributed by atoms with Crippen molar-refractivity contribution in [3.8, 4) is 0 Å². The Balaban J connectivity index is 2.24. The molecular formula is C13H16ClN5OS. The number of carbonyl (C=O) groups is 1. The third-order valence-electron chi connectivity index (χ3n) is 2.97. The van der Waals surface area contributed by atoms with Crippen LogP contribution in [0.5, 0.6) is 0 Å². The number of nitrogens with zero attached hydrogens (tertiary/aromatic N) is 3. The van der Waals surface area contributed by atoms with Gasteiger partial charge in [0.25, 0.3) is 0 Å². The summed E-state index contributed by atoms with van der Waals surface area (Å²) in [6.45, 7) is 1.91. The standard InChI is InChI=1S/C13H16ClN5OS/c1-3-10(19-12(15)17-18-13(19)21-2)11(20)16-9-6-4-5-8(14)7-9/h4-7,10H,3H2,1-2H3,(H2,15,17)(H,16,20). The summed E-state index contributed by atoms with van der Waals surface area (Å²) in [5.74, 6) is 0.0500. The minimum Gasteiger partial charge on any atom is -0.368 e. The number of anilines is 2. The average molecular weight is 326 g/mol. The highest BCUT2D eigenvalue weighted by Gasteiger charge is 2.24. The van der Waals surface area contributed by atoms with Crippen LogP contribution in [0.1, 0.15) is 19.4 Å². The smallest absolute Gasteiger partial charge is 0.247 e. The predicted octanol–water partition coefficient (Wildman–Crippen LogP) is 2.83. The Morgan fingerprint density at radius 3 is 2.90 bits per heavy atom. The van der Waals surface area contributed by atoms with Crippen molar-refractivity contribution >= 4 is 40.9 Å². The summed E-state index contributed by atoms with van der Waals surface area (Å²) in [4.78, 5) is 12.5. The molecule has 2 aromatic rings. The van der Waals surface area contributed by atoms with Crippen molar-refractivity contribution in [1.29, 1.82) is 0 Å². The van der Waals surface area contributed by atoms with Crippen molar-refractivity contribution in [2.75, 3.05) is 17.3 Å². The lowest BCUT2D eigenvalue weighted by atomic mass is 10.2. The fraction of sp³-hybridized carbons (Fsp3) is 0.308. The molecule has 0 fully saturated rings. The number of hydrogen-bond acceptors (Lipinski definition) is 5. The molecule has 112 valence electrons. The quantitative estimate of drug-likeness (QED) is 0.825. The third kappa shape index (κ3) is 3.48. The highest BCUT2D eigenvalue weighted by molar-refractivity contribution is 7.98. The van der Waals surface area contributed by atoms with Crippen molar-refractivity contribution in [3.05, 3.63) is 29.3 Å². The molecule has 0 aliphatic carbocycles. The summed E-state index contributed by atoms with van der Waals surface area (Å²) in [6.07, 6.45) is 2.43. The Hall–Kier alpha value is -1.73. The van der Waals surface area contributed by atoms with Crippen molar-refractivity contribution in [1.82, 2.24) is 14.8 Å². The minimum absolute atomic E-state index is 0.179. The van der Waals surface area contributed by atoms with Crippen LogP contribution >= 0.6 is 23.4 Å². The van der Waals surface area contributed by atoms with Gasteiger partial charge in [-0.2, -0.15) is 0 Å². The Morgan fingerprint density at radius 2 is 2.29 bits per heavy atom. The van der Waals surface area contributed by atoms with E-state index < -0.39 is 6.04 Å². The maximum absolute atomic E-state index is 12.5. The van der Waals surface area contributed by atoms with Crippen LogP contribution in [0.2, 0.25) is 5.02 Å². The van der Waals surface area contributed by atoms with Gasteiger partial charge >= 0.3 is 0 Å². The van der Waals surface area contributed by atoms with Crippen LogP contribution in [0.25, 0.3) is 0 Å². The molecular weight excluding hydrogens is 310 g/mol. The number of carbonyl (C=O) groups excluding carboxylic acids is 1. The molecule has 1 aromatic carbocycles. The van der Waals surface area contributed by atoms with Gasteiger partial charge < -0.3 is 11.1 Å². The van der Waals surface area contributed by atoms with Gasteiger partial charge in [-0.1, -0.05) is 36.4 Å². The lowest BCUT2D eigenvalue weighted by Gasteiger charge is -2.18. The molecule has 0 aliphatic rings. The number of hydrogen-bond donors (Lipinski definition) is 2. The van der Waals surface area contributed by atoms with Gasteiger partial charge in [0, 0.05) is 10.7 Å². The minimum atomic E-state index is -0.471. The van der Waals surface area contributed by atoms with Crippen molar-refractivity contribution in [3.63, 3.8) is 0 Å². The number of nitrogens with one attached hydrogen (secondary N) is 1. The van der Waals surface area contributed by atoms with E-state index in [0.29, 0.717) is 22.3 Å². The number of aromatic nitrogens is 3. The number of nitrogen functional groups attached to an aromatic ring is 1. The third-order valence-corrected chi connectivity index (χ3v) is 3.85. The van der Waals surface area contributed by atoms with Crippen LogP contribution in [0.4, 0.5) is 11.6 Å². The van der Waals surface area contributed by atoms with E-state index in [2.05, 4.69) is 15.5 Å². The number of benzene rings is 1. The van der Waals surface area contributed by atoms with E-state index in [1.54, 1.807) is 28.8 Å². The van der Waals surface area contributed by atoms with Gasteiger partial charge in [0.2, 0.25) is 11.9 Å². The Labute approximate surface area is 132 Å². The summed E-state index contributed by atoms with van der Waals surface area (Å²) in [7, 11) is 0. The molecule has 0 bridgehead atoms. The molecule has 1 amide bonds. The molecule has 0 saturated heterocycles. The molecule has 0 saturated carbocycles. The SMILES string of the molecule is CCC(C(=O)Nc1cccc(Cl)c1)n1c(N)nnc1SC. The van der Waals surface area contributed by atoms with Crippen molar-refractivity contribution in [2.24, 2.45) is 0 Å². The van der Waals surface area contributed by atoms with Gasteiger partial charge in [-0.15, -0.1) is 10.2 Å². The van der Waals surface area contributed by atoms with Crippen LogP contribution in [0, 0.1) is 0 Å². The van der Waals surface area contributed by atoms with E-state index in [0.717, 1.165) is 0 Å². The largest absolute Gasteiger partial charge is 0.368 e. The number of thioether (sulfide) groups is 1. The first-order chi connectivity index (χ1) is 10.1. The molecule has 1 heterocycles. The van der Waals surface area contributed by atoms with E-state index >= 15 is 0 Å². The second-order valence-corrected chi connectivity index (χ2v) is 5.55. The monoisotopic (exact) mass is 325 g/mol.